The van der Waals surface area contributed by atoms with Gasteiger partial charge in [-0.05, 0) is 6.42 Å². The highest BCUT2D eigenvalue weighted by atomic mass is 16.5. The molecule has 1 atom stereocenters. The Morgan fingerprint density at radius 3 is 3.12 bits per heavy atom. The second-order valence-electron chi connectivity index (χ2n) is 3.69. The lowest BCUT2D eigenvalue weighted by Gasteiger charge is -2.13. The molecule has 92 valence electrons. The Bertz CT molecular complexity index is 289. The summed E-state index contributed by atoms with van der Waals surface area (Å²) >= 11 is 0. The van der Waals surface area contributed by atoms with E-state index in [0.717, 1.165) is 25.3 Å². The van der Waals surface area contributed by atoms with Gasteiger partial charge < -0.3 is 19.7 Å². The van der Waals surface area contributed by atoms with Crippen LogP contribution in [0.4, 0.5) is 0 Å². The zero-order chi connectivity index (χ0) is 11.8. The maximum atomic E-state index is 9.93. The SMILES string of the molecule is CCCn1ccnc1C(O)CNCCOC. The van der Waals surface area contributed by atoms with E-state index in [9.17, 15) is 5.11 Å². The van der Waals surface area contributed by atoms with Crippen LogP contribution in [-0.4, -0.2) is 41.5 Å². The second-order valence-corrected chi connectivity index (χ2v) is 3.69. The topological polar surface area (TPSA) is 59.3 Å². The lowest BCUT2D eigenvalue weighted by molar-refractivity contribution is 0.150. The number of nitrogens with zero attached hydrogens (tertiary/aromatic N) is 2. The van der Waals surface area contributed by atoms with Crippen molar-refractivity contribution in [3.05, 3.63) is 18.2 Å². The van der Waals surface area contributed by atoms with Crippen LogP contribution < -0.4 is 5.32 Å². The Labute approximate surface area is 96.4 Å². The molecule has 0 bridgehead atoms. The lowest BCUT2D eigenvalue weighted by Crippen LogP contribution is -2.26. The molecule has 0 aliphatic heterocycles. The van der Waals surface area contributed by atoms with Crippen molar-refractivity contribution in [3.63, 3.8) is 0 Å². The number of imidazole rings is 1. The molecular formula is C11H21N3O2. The van der Waals surface area contributed by atoms with E-state index in [2.05, 4.69) is 17.2 Å². The number of aliphatic hydroxyl groups is 1. The van der Waals surface area contributed by atoms with Gasteiger partial charge in [0.1, 0.15) is 11.9 Å². The maximum absolute atomic E-state index is 9.93. The van der Waals surface area contributed by atoms with Crippen LogP contribution in [0.2, 0.25) is 0 Å². The first-order valence-electron chi connectivity index (χ1n) is 5.68. The molecule has 0 saturated heterocycles. The first-order valence-corrected chi connectivity index (χ1v) is 5.68. The third-order valence-electron chi connectivity index (χ3n) is 2.33. The highest BCUT2D eigenvalue weighted by molar-refractivity contribution is 4.97. The average Bonchev–Trinajstić information content (AvgIpc) is 2.73. The Morgan fingerprint density at radius 2 is 2.44 bits per heavy atom. The van der Waals surface area contributed by atoms with E-state index in [1.807, 2.05) is 10.8 Å². The molecule has 0 aromatic carbocycles. The molecule has 0 radical (unpaired) electrons. The second kappa shape index (κ2) is 7.38. The summed E-state index contributed by atoms with van der Waals surface area (Å²) in [5.41, 5.74) is 0. The van der Waals surface area contributed by atoms with Crippen molar-refractivity contribution >= 4 is 0 Å². The van der Waals surface area contributed by atoms with Gasteiger partial charge in [0, 0.05) is 39.1 Å². The van der Waals surface area contributed by atoms with Gasteiger partial charge in [-0.2, -0.15) is 0 Å². The third kappa shape index (κ3) is 3.92. The number of aromatic nitrogens is 2. The molecule has 2 N–H and O–H groups in total. The predicted molar refractivity (Wildman–Crippen MR) is 62.2 cm³/mol. The van der Waals surface area contributed by atoms with Crippen LogP contribution in [0, 0.1) is 0 Å². The molecule has 0 amide bonds. The van der Waals surface area contributed by atoms with E-state index in [1.54, 1.807) is 13.3 Å². The van der Waals surface area contributed by atoms with E-state index >= 15 is 0 Å². The van der Waals surface area contributed by atoms with E-state index in [1.165, 1.54) is 0 Å². The van der Waals surface area contributed by atoms with Gasteiger partial charge in [-0.15, -0.1) is 0 Å². The number of methoxy groups -OCH3 is 1. The van der Waals surface area contributed by atoms with Crippen molar-refractivity contribution < 1.29 is 9.84 Å². The molecule has 1 aromatic heterocycles. The summed E-state index contributed by atoms with van der Waals surface area (Å²) in [4.78, 5) is 4.18. The van der Waals surface area contributed by atoms with Gasteiger partial charge in [-0.1, -0.05) is 6.92 Å². The summed E-state index contributed by atoms with van der Waals surface area (Å²) in [6.07, 6.45) is 4.10. The van der Waals surface area contributed by atoms with Crippen LogP contribution in [0.5, 0.6) is 0 Å². The molecule has 1 heterocycles. The Morgan fingerprint density at radius 1 is 1.62 bits per heavy atom. The van der Waals surface area contributed by atoms with Gasteiger partial charge >= 0.3 is 0 Å². The standard InChI is InChI=1S/C11H21N3O2/c1-3-6-14-7-4-13-11(14)10(15)9-12-5-8-16-2/h4,7,10,12,15H,3,5-6,8-9H2,1-2H3. The monoisotopic (exact) mass is 227 g/mol. The van der Waals surface area contributed by atoms with Crippen molar-refractivity contribution in [2.45, 2.75) is 26.0 Å². The van der Waals surface area contributed by atoms with Crippen molar-refractivity contribution in [1.29, 1.82) is 0 Å². The molecule has 0 spiro atoms. The number of aliphatic hydroxyl groups excluding tert-OH is 1. The van der Waals surface area contributed by atoms with E-state index in [0.29, 0.717) is 13.2 Å². The van der Waals surface area contributed by atoms with Gasteiger partial charge in [0.2, 0.25) is 0 Å². The molecule has 1 rings (SSSR count). The molecule has 0 aliphatic carbocycles. The third-order valence-corrected chi connectivity index (χ3v) is 2.33. The predicted octanol–water partition coefficient (Wildman–Crippen LogP) is 0.562. The Hall–Kier alpha value is -0.910. The highest BCUT2D eigenvalue weighted by Gasteiger charge is 2.12. The van der Waals surface area contributed by atoms with Gasteiger partial charge in [-0.25, -0.2) is 4.98 Å². The zero-order valence-electron chi connectivity index (χ0n) is 10.0. The number of ether oxygens (including phenoxy) is 1. The number of hydrogen-bond acceptors (Lipinski definition) is 4. The van der Waals surface area contributed by atoms with E-state index < -0.39 is 6.10 Å². The molecule has 1 aromatic rings. The van der Waals surface area contributed by atoms with Crippen LogP contribution >= 0.6 is 0 Å². The Balaban J connectivity index is 2.39. The molecule has 5 heteroatoms. The minimum Gasteiger partial charge on any atom is -0.384 e. The maximum Gasteiger partial charge on any atom is 0.138 e. The van der Waals surface area contributed by atoms with Gasteiger partial charge in [0.15, 0.2) is 0 Å². The first-order chi connectivity index (χ1) is 7.79. The van der Waals surface area contributed by atoms with Gasteiger partial charge in [0.05, 0.1) is 6.61 Å². The van der Waals surface area contributed by atoms with Crippen LogP contribution in [0.25, 0.3) is 0 Å². The first kappa shape index (κ1) is 13.2. The zero-order valence-corrected chi connectivity index (χ0v) is 10.0. The molecule has 0 saturated carbocycles. The summed E-state index contributed by atoms with van der Waals surface area (Å²) < 4.78 is 6.90. The van der Waals surface area contributed by atoms with Crippen LogP contribution in [-0.2, 0) is 11.3 Å². The van der Waals surface area contributed by atoms with Crippen molar-refractivity contribution in [1.82, 2.24) is 14.9 Å². The summed E-state index contributed by atoms with van der Waals surface area (Å²) in [5, 5.41) is 13.0. The van der Waals surface area contributed by atoms with Crippen LogP contribution in [0.15, 0.2) is 12.4 Å². The summed E-state index contributed by atoms with van der Waals surface area (Å²) in [5.74, 6) is 0.728. The van der Waals surface area contributed by atoms with Crippen LogP contribution in [0.3, 0.4) is 0 Å². The minimum atomic E-state index is -0.557. The van der Waals surface area contributed by atoms with Crippen molar-refractivity contribution in [3.8, 4) is 0 Å². The van der Waals surface area contributed by atoms with Crippen molar-refractivity contribution in [2.75, 3.05) is 26.8 Å². The summed E-state index contributed by atoms with van der Waals surface area (Å²) in [7, 11) is 1.66. The summed E-state index contributed by atoms with van der Waals surface area (Å²) in [6, 6.07) is 0. The van der Waals surface area contributed by atoms with Gasteiger partial charge in [-0.3, -0.25) is 0 Å². The minimum absolute atomic E-state index is 0.504. The fourth-order valence-corrected chi connectivity index (χ4v) is 1.55. The molecule has 1 unspecified atom stereocenters. The normalized spacial score (nSPS) is 12.9. The van der Waals surface area contributed by atoms with E-state index in [-0.39, 0.29) is 0 Å². The van der Waals surface area contributed by atoms with Crippen LogP contribution in [0.1, 0.15) is 25.3 Å². The molecule has 0 aliphatic rings. The lowest BCUT2D eigenvalue weighted by atomic mass is 10.3. The van der Waals surface area contributed by atoms with E-state index in [4.69, 9.17) is 4.74 Å². The number of nitrogens with one attached hydrogen (secondary N) is 1. The number of aryl methyl sites for hydroxylation is 1. The quantitative estimate of drug-likeness (QED) is 0.637. The molecule has 16 heavy (non-hydrogen) atoms. The summed E-state index contributed by atoms with van der Waals surface area (Å²) in [6.45, 7) is 4.89. The molecule has 0 fully saturated rings. The average molecular weight is 227 g/mol. The molecule has 5 nitrogen and oxygen atoms in total. The van der Waals surface area contributed by atoms with Crippen molar-refractivity contribution in [2.24, 2.45) is 0 Å². The smallest absolute Gasteiger partial charge is 0.138 e. The number of hydrogen-bond donors (Lipinski definition) is 2. The van der Waals surface area contributed by atoms with Gasteiger partial charge in [0.25, 0.3) is 0 Å². The Kier molecular flexibility index (Phi) is 6.07. The fourth-order valence-electron chi connectivity index (χ4n) is 1.55. The fraction of sp³-hybridized carbons (Fsp3) is 0.727. The largest absolute Gasteiger partial charge is 0.384 e. The number of rotatable bonds is 8. The highest BCUT2D eigenvalue weighted by Crippen LogP contribution is 2.09. The molecular weight excluding hydrogens is 206 g/mol.